The summed E-state index contributed by atoms with van der Waals surface area (Å²) < 4.78 is 5.44. The van der Waals surface area contributed by atoms with Crippen molar-refractivity contribution >= 4 is 5.91 Å². The third kappa shape index (κ3) is 3.96. The molecule has 5 nitrogen and oxygen atoms in total. The Hall–Kier alpha value is -2.37. The highest BCUT2D eigenvalue weighted by Gasteiger charge is 2.41. The number of hydrogen-bond donors (Lipinski definition) is 2. The van der Waals surface area contributed by atoms with E-state index in [1.807, 2.05) is 6.07 Å². The number of likely N-dealkylation sites (tertiary alicyclic amines) is 1. The van der Waals surface area contributed by atoms with Gasteiger partial charge in [-0.25, -0.2) is 0 Å². The Morgan fingerprint density at radius 1 is 1.10 bits per heavy atom. The van der Waals surface area contributed by atoms with Crippen molar-refractivity contribution in [2.45, 2.75) is 57.8 Å². The maximum Gasteiger partial charge on any atom is 0.237 e. The first-order valence-corrected chi connectivity index (χ1v) is 10.9. The summed E-state index contributed by atoms with van der Waals surface area (Å²) in [4.78, 5) is 15.1. The van der Waals surface area contributed by atoms with Crippen LogP contribution < -0.4 is 15.4 Å². The van der Waals surface area contributed by atoms with Crippen LogP contribution in [0, 0.1) is 13.8 Å². The molecule has 1 amide bonds. The van der Waals surface area contributed by atoms with E-state index in [4.69, 9.17) is 4.74 Å². The molecule has 30 heavy (non-hydrogen) atoms. The Morgan fingerprint density at radius 2 is 1.80 bits per heavy atom. The lowest BCUT2D eigenvalue weighted by molar-refractivity contribution is -0.125. The molecule has 2 aromatic carbocycles. The van der Waals surface area contributed by atoms with Crippen LogP contribution in [0.5, 0.6) is 5.75 Å². The van der Waals surface area contributed by atoms with E-state index in [0.29, 0.717) is 12.1 Å². The van der Waals surface area contributed by atoms with Crippen LogP contribution in [-0.2, 0) is 24.2 Å². The average molecular weight is 408 g/mol. The lowest BCUT2D eigenvalue weighted by Crippen LogP contribution is -2.47. The van der Waals surface area contributed by atoms with Gasteiger partial charge in [-0.1, -0.05) is 30.3 Å². The van der Waals surface area contributed by atoms with Crippen molar-refractivity contribution in [3.8, 4) is 5.75 Å². The minimum absolute atomic E-state index is 0.0643. The van der Waals surface area contributed by atoms with Crippen molar-refractivity contribution in [1.82, 2.24) is 15.5 Å². The number of carbonyl (C=O) groups excluding carboxylic acids is 1. The highest BCUT2D eigenvalue weighted by Crippen LogP contribution is 2.31. The normalized spacial score (nSPS) is 21.6. The van der Waals surface area contributed by atoms with E-state index >= 15 is 0 Å². The van der Waals surface area contributed by atoms with Gasteiger partial charge in [0.1, 0.15) is 5.75 Å². The molecule has 0 aromatic heterocycles. The maximum atomic E-state index is 12.6. The van der Waals surface area contributed by atoms with Gasteiger partial charge < -0.3 is 15.4 Å². The number of nitrogens with zero attached hydrogens (tertiary/aromatic N) is 1. The topological polar surface area (TPSA) is 53.6 Å². The van der Waals surface area contributed by atoms with Crippen LogP contribution in [0.15, 0.2) is 36.4 Å². The number of ether oxygens (including phenoxy) is 1. The number of likely N-dealkylation sites (N-methyl/N-ethyl adjacent to an activating group) is 1. The Bertz CT molecular complexity index is 902. The third-order valence-electron chi connectivity index (χ3n) is 7.04. The van der Waals surface area contributed by atoms with Crippen molar-refractivity contribution in [2.75, 3.05) is 20.7 Å². The van der Waals surface area contributed by atoms with E-state index in [1.54, 1.807) is 14.2 Å². The van der Waals surface area contributed by atoms with Gasteiger partial charge >= 0.3 is 0 Å². The van der Waals surface area contributed by atoms with Crippen molar-refractivity contribution in [3.05, 3.63) is 64.2 Å². The molecule has 2 aromatic rings. The quantitative estimate of drug-likeness (QED) is 0.773. The fraction of sp³-hybridized carbons (Fsp3) is 0.480. The molecule has 1 fully saturated rings. The summed E-state index contributed by atoms with van der Waals surface area (Å²) in [6, 6.07) is 13.5. The summed E-state index contributed by atoms with van der Waals surface area (Å²) in [6.45, 7) is 5.97. The minimum Gasteiger partial charge on any atom is -0.496 e. The molecule has 160 valence electrons. The van der Waals surface area contributed by atoms with Gasteiger partial charge in [0.05, 0.1) is 13.2 Å². The molecule has 0 saturated carbocycles. The first kappa shape index (κ1) is 20.9. The Kier molecular flexibility index (Phi) is 6.11. The predicted molar refractivity (Wildman–Crippen MR) is 120 cm³/mol. The van der Waals surface area contributed by atoms with Crippen LogP contribution in [0.3, 0.4) is 0 Å². The second kappa shape index (κ2) is 8.78. The second-order valence-electron chi connectivity index (χ2n) is 8.65. The molecule has 0 bridgehead atoms. The summed E-state index contributed by atoms with van der Waals surface area (Å²) in [5.41, 5.74) is 6.61. The number of nitrogens with one attached hydrogen (secondary N) is 2. The fourth-order valence-corrected chi connectivity index (χ4v) is 5.13. The lowest BCUT2D eigenvalue weighted by Gasteiger charge is -2.29. The average Bonchev–Trinajstić information content (AvgIpc) is 3.38. The number of carbonyl (C=O) groups is 1. The van der Waals surface area contributed by atoms with Crippen LogP contribution in [0.4, 0.5) is 0 Å². The van der Waals surface area contributed by atoms with Crippen LogP contribution in [-0.4, -0.2) is 49.6 Å². The first-order chi connectivity index (χ1) is 14.5. The Morgan fingerprint density at radius 3 is 2.43 bits per heavy atom. The summed E-state index contributed by atoms with van der Waals surface area (Å²) >= 11 is 0. The Balaban J connectivity index is 1.45. The lowest BCUT2D eigenvalue weighted by atomic mass is 10.0. The van der Waals surface area contributed by atoms with Crippen LogP contribution >= 0.6 is 0 Å². The van der Waals surface area contributed by atoms with E-state index < -0.39 is 0 Å². The third-order valence-corrected chi connectivity index (χ3v) is 7.04. The summed E-state index contributed by atoms with van der Waals surface area (Å²) in [7, 11) is 3.46. The van der Waals surface area contributed by atoms with E-state index in [-0.39, 0.29) is 11.9 Å². The van der Waals surface area contributed by atoms with Crippen LogP contribution in [0.25, 0.3) is 0 Å². The monoisotopic (exact) mass is 407 g/mol. The molecule has 1 saturated heterocycles. The number of methoxy groups -OCH3 is 1. The van der Waals surface area contributed by atoms with Gasteiger partial charge in [0.25, 0.3) is 0 Å². The number of hydrogen-bond acceptors (Lipinski definition) is 4. The summed E-state index contributed by atoms with van der Waals surface area (Å²) in [5, 5.41) is 6.61. The fourth-order valence-electron chi connectivity index (χ4n) is 5.13. The molecule has 1 aliphatic carbocycles. The zero-order chi connectivity index (χ0) is 21.3. The molecule has 2 atom stereocenters. The number of benzene rings is 2. The SMILES string of the molecule is CNC(=O)[C@@H]1C[C@@H](NCc2ccc(OC)c(C)c2C)CN1C1Cc2ccccc2C1. The van der Waals surface area contributed by atoms with E-state index in [2.05, 4.69) is 59.7 Å². The number of rotatable bonds is 6. The molecule has 0 spiro atoms. The van der Waals surface area contributed by atoms with Gasteiger partial charge in [-0.05, 0) is 67.0 Å². The molecule has 5 heteroatoms. The van der Waals surface area contributed by atoms with Gasteiger partial charge in [0, 0.05) is 32.2 Å². The van der Waals surface area contributed by atoms with E-state index in [1.165, 1.54) is 27.8 Å². The maximum absolute atomic E-state index is 12.6. The molecule has 2 N–H and O–H groups in total. The highest BCUT2D eigenvalue weighted by atomic mass is 16.5. The molecule has 2 aliphatic rings. The number of amides is 1. The van der Waals surface area contributed by atoms with Crippen LogP contribution in [0.1, 0.15) is 34.2 Å². The molecule has 0 unspecified atom stereocenters. The van der Waals surface area contributed by atoms with Crippen molar-refractivity contribution in [2.24, 2.45) is 0 Å². The van der Waals surface area contributed by atoms with Gasteiger partial charge in [0.15, 0.2) is 0 Å². The van der Waals surface area contributed by atoms with Gasteiger partial charge in [-0.3, -0.25) is 9.69 Å². The van der Waals surface area contributed by atoms with Crippen molar-refractivity contribution < 1.29 is 9.53 Å². The van der Waals surface area contributed by atoms with Crippen molar-refractivity contribution in [1.29, 1.82) is 0 Å². The first-order valence-electron chi connectivity index (χ1n) is 10.9. The Labute approximate surface area is 179 Å². The molecular weight excluding hydrogens is 374 g/mol. The molecule has 4 rings (SSSR count). The van der Waals surface area contributed by atoms with Crippen molar-refractivity contribution in [3.63, 3.8) is 0 Å². The molecule has 1 heterocycles. The second-order valence-corrected chi connectivity index (χ2v) is 8.65. The molecule has 1 aliphatic heterocycles. The summed E-state index contributed by atoms with van der Waals surface area (Å²) in [6.07, 6.45) is 2.92. The number of fused-ring (bicyclic) bond motifs is 1. The molecule has 0 radical (unpaired) electrons. The predicted octanol–water partition coefficient (Wildman–Crippen LogP) is 2.76. The van der Waals surface area contributed by atoms with E-state index in [0.717, 1.165) is 38.1 Å². The smallest absolute Gasteiger partial charge is 0.237 e. The van der Waals surface area contributed by atoms with Crippen LogP contribution in [0.2, 0.25) is 0 Å². The van der Waals surface area contributed by atoms with Gasteiger partial charge in [-0.2, -0.15) is 0 Å². The van der Waals surface area contributed by atoms with Gasteiger partial charge in [0.2, 0.25) is 5.91 Å². The minimum atomic E-state index is -0.0643. The standard InChI is InChI=1S/C25H33N3O2/c1-16-17(2)24(30-4)10-9-20(16)14-27-21-13-23(25(29)26-3)28(15-21)22-11-18-7-5-6-8-19(18)12-22/h5-10,21-23,27H,11-15H2,1-4H3,(H,26,29)/t21-,23+/m1/s1. The van der Waals surface area contributed by atoms with E-state index in [9.17, 15) is 4.79 Å². The highest BCUT2D eigenvalue weighted by molar-refractivity contribution is 5.82. The largest absolute Gasteiger partial charge is 0.496 e. The zero-order valence-corrected chi connectivity index (χ0v) is 18.5. The molecular formula is C25H33N3O2. The van der Waals surface area contributed by atoms with Gasteiger partial charge in [-0.15, -0.1) is 0 Å². The zero-order valence-electron chi connectivity index (χ0n) is 18.5. The summed E-state index contributed by atoms with van der Waals surface area (Å²) in [5.74, 6) is 1.07.